The third-order valence-electron chi connectivity index (χ3n) is 2.89. The lowest BCUT2D eigenvalue weighted by Crippen LogP contribution is -2.30. The zero-order chi connectivity index (χ0) is 16.5. The second-order valence-corrected chi connectivity index (χ2v) is 4.89. The number of carbonyl (C=O) groups is 3. The number of carboxylic acid groups (broad SMARTS) is 1. The van der Waals surface area contributed by atoms with E-state index in [4.69, 9.17) is 9.84 Å². The summed E-state index contributed by atoms with van der Waals surface area (Å²) < 4.78 is 4.92. The van der Waals surface area contributed by atoms with Crippen LogP contribution in [0.15, 0.2) is 24.3 Å². The van der Waals surface area contributed by atoms with E-state index in [0.29, 0.717) is 12.3 Å². The summed E-state index contributed by atoms with van der Waals surface area (Å²) in [4.78, 5) is 33.6. The molecule has 0 aliphatic heterocycles. The monoisotopic (exact) mass is 308 g/mol. The zero-order valence-electron chi connectivity index (χ0n) is 12.6. The van der Waals surface area contributed by atoms with Gasteiger partial charge in [0.25, 0.3) is 0 Å². The molecular weight excluding hydrogens is 288 g/mol. The van der Waals surface area contributed by atoms with Crippen LogP contribution in [0.25, 0.3) is 0 Å². The van der Waals surface area contributed by atoms with Crippen LogP contribution >= 0.6 is 0 Å². The number of hydrogen-bond acceptors (Lipinski definition) is 4. The van der Waals surface area contributed by atoms with Crippen molar-refractivity contribution in [3.8, 4) is 0 Å². The van der Waals surface area contributed by atoms with E-state index in [1.54, 1.807) is 31.2 Å². The molecule has 0 radical (unpaired) electrons. The minimum atomic E-state index is -1.09. The van der Waals surface area contributed by atoms with E-state index in [1.807, 2.05) is 0 Å². The van der Waals surface area contributed by atoms with Gasteiger partial charge in [-0.3, -0.25) is 14.4 Å². The minimum absolute atomic E-state index is 0.0849. The van der Waals surface area contributed by atoms with Gasteiger partial charge in [0, 0.05) is 12.8 Å². The summed E-state index contributed by atoms with van der Waals surface area (Å²) in [6, 6.07) is 6.79. The molecule has 0 aromatic heterocycles. The molecule has 0 aliphatic carbocycles. The van der Waals surface area contributed by atoms with Crippen LogP contribution in [-0.4, -0.2) is 43.2 Å². The summed E-state index contributed by atoms with van der Waals surface area (Å²) in [7, 11) is 1.54. The Hall–Kier alpha value is -2.41. The van der Waals surface area contributed by atoms with Gasteiger partial charge in [-0.15, -0.1) is 0 Å². The van der Waals surface area contributed by atoms with Gasteiger partial charge in [-0.1, -0.05) is 19.1 Å². The van der Waals surface area contributed by atoms with Gasteiger partial charge in [0.15, 0.2) is 0 Å². The maximum atomic E-state index is 11.8. The van der Waals surface area contributed by atoms with E-state index < -0.39 is 12.5 Å². The summed E-state index contributed by atoms with van der Waals surface area (Å²) >= 11 is 0. The molecule has 0 fully saturated rings. The summed E-state index contributed by atoms with van der Waals surface area (Å²) in [6.07, 6.45) is 0.0849. The number of nitrogens with one attached hydrogen (secondary N) is 2. The van der Waals surface area contributed by atoms with Crippen molar-refractivity contribution in [2.45, 2.75) is 13.3 Å². The number of methoxy groups -OCH3 is 1. The first kappa shape index (κ1) is 17.6. The van der Waals surface area contributed by atoms with E-state index in [-0.39, 0.29) is 24.2 Å². The smallest absolute Gasteiger partial charge is 0.322 e. The quantitative estimate of drug-likeness (QED) is 0.654. The van der Waals surface area contributed by atoms with Gasteiger partial charge in [-0.05, 0) is 17.7 Å². The highest BCUT2D eigenvalue weighted by atomic mass is 16.5. The molecule has 2 amide bonds. The summed E-state index contributed by atoms with van der Waals surface area (Å²) in [5.74, 6) is -1.86. The molecule has 0 spiro atoms. The largest absolute Gasteiger partial charge is 0.480 e. The Labute approximate surface area is 128 Å². The summed E-state index contributed by atoms with van der Waals surface area (Å²) in [5.41, 5.74) is 1.36. The standard InChI is InChI=1S/C15H20N2O5/c1-10(9-22-2)15(21)17-12-5-3-11(4-6-12)7-13(18)16-8-14(19)20/h3-6,10H,7-9H2,1-2H3,(H,16,18)(H,17,21)(H,19,20). The zero-order valence-corrected chi connectivity index (χ0v) is 12.6. The van der Waals surface area contributed by atoms with Crippen LogP contribution < -0.4 is 10.6 Å². The van der Waals surface area contributed by atoms with Crippen molar-refractivity contribution in [1.29, 1.82) is 0 Å². The fraction of sp³-hybridized carbons (Fsp3) is 0.400. The lowest BCUT2D eigenvalue weighted by atomic mass is 10.1. The Morgan fingerprint density at radius 1 is 1.23 bits per heavy atom. The van der Waals surface area contributed by atoms with Gasteiger partial charge in [0.2, 0.25) is 11.8 Å². The second-order valence-electron chi connectivity index (χ2n) is 4.89. The molecule has 7 nitrogen and oxygen atoms in total. The molecule has 0 aliphatic rings. The number of hydrogen-bond donors (Lipinski definition) is 3. The van der Waals surface area contributed by atoms with E-state index in [0.717, 1.165) is 5.56 Å². The molecule has 0 saturated heterocycles. The summed E-state index contributed by atoms with van der Waals surface area (Å²) in [5, 5.41) is 13.5. The van der Waals surface area contributed by atoms with E-state index >= 15 is 0 Å². The minimum Gasteiger partial charge on any atom is -0.480 e. The molecule has 1 rings (SSSR count). The predicted octanol–water partition coefficient (Wildman–Crippen LogP) is 0.651. The molecule has 0 heterocycles. The first-order valence-corrected chi connectivity index (χ1v) is 6.79. The third-order valence-corrected chi connectivity index (χ3v) is 2.89. The van der Waals surface area contributed by atoms with Gasteiger partial charge >= 0.3 is 5.97 Å². The van der Waals surface area contributed by atoms with Crippen LogP contribution in [0.4, 0.5) is 5.69 Å². The number of carbonyl (C=O) groups excluding carboxylic acids is 2. The summed E-state index contributed by atoms with van der Waals surface area (Å²) in [6.45, 7) is 1.71. The number of rotatable bonds is 8. The number of ether oxygens (including phenoxy) is 1. The molecule has 1 atom stereocenters. The first-order chi connectivity index (χ1) is 10.4. The fourth-order valence-electron chi connectivity index (χ4n) is 1.72. The topological polar surface area (TPSA) is 105 Å². The molecule has 1 aromatic carbocycles. The van der Waals surface area contributed by atoms with E-state index in [9.17, 15) is 14.4 Å². The molecule has 1 aromatic rings. The third kappa shape index (κ3) is 6.36. The average Bonchev–Trinajstić information content (AvgIpc) is 2.47. The van der Waals surface area contributed by atoms with Crippen molar-refractivity contribution in [2.75, 3.05) is 25.6 Å². The number of benzene rings is 1. The first-order valence-electron chi connectivity index (χ1n) is 6.79. The van der Waals surface area contributed by atoms with E-state index in [1.165, 1.54) is 7.11 Å². The molecule has 120 valence electrons. The van der Waals surface area contributed by atoms with Gasteiger partial charge in [0.1, 0.15) is 6.54 Å². The predicted molar refractivity (Wildman–Crippen MR) is 80.5 cm³/mol. The van der Waals surface area contributed by atoms with Gasteiger partial charge in [-0.2, -0.15) is 0 Å². The van der Waals surface area contributed by atoms with Crippen molar-refractivity contribution in [1.82, 2.24) is 5.32 Å². The highest BCUT2D eigenvalue weighted by Gasteiger charge is 2.12. The van der Waals surface area contributed by atoms with Crippen molar-refractivity contribution in [3.63, 3.8) is 0 Å². The van der Waals surface area contributed by atoms with E-state index in [2.05, 4.69) is 10.6 Å². The van der Waals surface area contributed by atoms with Crippen LogP contribution in [0.5, 0.6) is 0 Å². The van der Waals surface area contributed by atoms with Crippen molar-refractivity contribution >= 4 is 23.5 Å². The molecule has 22 heavy (non-hydrogen) atoms. The Balaban J connectivity index is 2.50. The molecule has 1 unspecified atom stereocenters. The maximum Gasteiger partial charge on any atom is 0.322 e. The lowest BCUT2D eigenvalue weighted by Gasteiger charge is -2.11. The average molecular weight is 308 g/mol. The molecular formula is C15H20N2O5. The second kappa shape index (κ2) is 8.78. The normalized spacial score (nSPS) is 11.5. The molecule has 3 N–H and O–H groups in total. The van der Waals surface area contributed by atoms with Crippen LogP contribution in [-0.2, 0) is 25.5 Å². The van der Waals surface area contributed by atoms with Crippen LogP contribution in [0.3, 0.4) is 0 Å². The lowest BCUT2D eigenvalue weighted by molar-refractivity contribution is -0.137. The Bertz CT molecular complexity index is 527. The van der Waals surface area contributed by atoms with Gasteiger partial charge in [0.05, 0.1) is 18.9 Å². The number of amides is 2. The van der Waals surface area contributed by atoms with Crippen molar-refractivity contribution in [2.24, 2.45) is 5.92 Å². The molecule has 0 saturated carbocycles. The highest BCUT2D eigenvalue weighted by molar-refractivity contribution is 5.92. The molecule has 7 heteroatoms. The molecule has 0 bridgehead atoms. The van der Waals surface area contributed by atoms with Crippen molar-refractivity contribution < 1.29 is 24.2 Å². The van der Waals surface area contributed by atoms with Gasteiger partial charge < -0.3 is 20.5 Å². The Morgan fingerprint density at radius 2 is 1.86 bits per heavy atom. The Morgan fingerprint density at radius 3 is 2.41 bits per heavy atom. The maximum absolute atomic E-state index is 11.8. The number of aliphatic carboxylic acids is 1. The number of carboxylic acids is 1. The Kier molecular flexibility index (Phi) is 7.04. The highest BCUT2D eigenvalue weighted by Crippen LogP contribution is 2.11. The van der Waals surface area contributed by atoms with Crippen LogP contribution in [0.1, 0.15) is 12.5 Å². The van der Waals surface area contributed by atoms with Gasteiger partial charge in [-0.25, -0.2) is 0 Å². The van der Waals surface area contributed by atoms with Crippen LogP contribution in [0.2, 0.25) is 0 Å². The number of anilines is 1. The van der Waals surface area contributed by atoms with Crippen LogP contribution in [0, 0.1) is 5.92 Å². The SMILES string of the molecule is COCC(C)C(=O)Nc1ccc(CC(=O)NCC(=O)O)cc1. The fourth-order valence-corrected chi connectivity index (χ4v) is 1.72. The van der Waals surface area contributed by atoms with Crippen molar-refractivity contribution in [3.05, 3.63) is 29.8 Å².